The number of hydrogen-bond acceptors (Lipinski definition) is 0. The summed E-state index contributed by atoms with van der Waals surface area (Å²) in [7, 11) is 0. The van der Waals surface area contributed by atoms with Gasteiger partial charge in [-0.05, 0) is 49.6 Å². The second kappa shape index (κ2) is 5.82. The summed E-state index contributed by atoms with van der Waals surface area (Å²) in [4.78, 5) is 3.65. The molecule has 3 N–H and O–H groups in total. The van der Waals surface area contributed by atoms with Crippen LogP contribution in [0.1, 0.15) is 41.3 Å². The Hall–Kier alpha value is -2.13. The number of hydrogen-bond donors (Lipinski definition) is 2. The van der Waals surface area contributed by atoms with E-state index in [2.05, 4.69) is 35.4 Å². The first-order chi connectivity index (χ1) is 11.2. The van der Waals surface area contributed by atoms with Crippen molar-refractivity contribution >= 4 is 10.9 Å². The lowest BCUT2D eigenvalue weighted by Gasteiger charge is -2.21. The first kappa shape index (κ1) is 14.5. The second-order valence-corrected chi connectivity index (χ2v) is 6.63. The fraction of sp³-hybridized carbons (Fsp3) is 0.300. The Kier molecular flexibility index (Phi) is 3.66. The first-order valence-corrected chi connectivity index (χ1v) is 8.39. The van der Waals surface area contributed by atoms with Gasteiger partial charge in [-0.1, -0.05) is 23.8 Å². The molecule has 2 nitrogen and oxygen atoms in total. The van der Waals surface area contributed by atoms with E-state index < -0.39 is 0 Å². The Bertz CT molecular complexity index is 833. The average Bonchev–Trinajstić information content (AvgIpc) is 2.93. The number of nitrogens with two attached hydrogens (primary N) is 1. The van der Waals surface area contributed by atoms with Crippen molar-refractivity contribution in [3.63, 3.8) is 0 Å². The molecule has 0 aliphatic heterocycles. The maximum Gasteiger partial charge on any atom is 0.127 e. The molecule has 1 aromatic heterocycles. The van der Waals surface area contributed by atoms with Gasteiger partial charge in [-0.25, -0.2) is 4.39 Å². The summed E-state index contributed by atoms with van der Waals surface area (Å²) in [5.41, 5.74) is 6.62. The summed E-state index contributed by atoms with van der Waals surface area (Å²) >= 11 is 0. The van der Waals surface area contributed by atoms with Gasteiger partial charge in [0.25, 0.3) is 0 Å². The van der Waals surface area contributed by atoms with Crippen LogP contribution in [0.5, 0.6) is 0 Å². The van der Waals surface area contributed by atoms with Crippen molar-refractivity contribution in [2.24, 2.45) is 0 Å². The van der Waals surface area contributed by atoms with Crippen LogP contribution in [0.2, 0.25) is 0 Å². The number of quaternary nitrogens is 1. The zero-order valence-corrected chi connectivity index (χ0v) is 13.4. The number of rotatable bonds is 3. The molecule has 4 rings (SSSR count). The van der Waals surface area contributed by atoms with Crippen LogP contribution in [0.3, 0.4) is 0 Å². The Balaban J connectivity index is 1.60. The minimum Gasteiger partial charge on any atom is -0.353 e. The third-order valence-corrected chi connectivity index (χ3v) is 4.96. The molecule has 2 aromatic carbocycles. The molecule has 0 fully saturated rings. The molecule has 0 saturated heterocycles. The molecular formula is C20H22FN2+. The first-order valence-electron chi connectivity index (χ1n) is 8.39. The molecule has 0 bridgehead atoms. The van der Waals surface area contributed by atoms with E-state index in [1.807, 2.05) is 12.1 Å². The number of benzene rings is 2. The molecule has 3 heteroatoms. The molecule has 0 saturated carbocycles. The smallest absolute Gasteiger partial charge is 0.127 e. The maximum atomic E-state index is 13.0. The van der Waals surface area contributed by atoms with Crippen molar-refractivity contribution in [2.45, 2.75) is 38.8 Å². The summed E-state index contributed by atoms with van der Waals surface area (Å²) in [6, 6.07) is 14.0. The second-order valence-electron chi connectivity index (χ2n) is 6.63. The molecule has 23 heavy (non-hydrogen) atoms. The zero-order valence-electron chi connectivity index (χ0n) is 13.4. The van der Waals surface area contributed by atoms with Crippen LogP contribution in [0, 0.1) is 12.7 Å². The van der Waals surface area contributed by atoms with Crippen LogP contribution in [0.25, 0.3) is 10.9 Å². The molecule has 0 unspecified atom stereocenters. The number of fused-ring (bicyclic) bond motifs is 3. The third kappa shape index (κ3) is 2.77. The van der Waals surface area contributed by atoms with Crippen LogP contribution >= 0.6 is 0 Å². The van der Waals surface area contributed by atoms with Gasteiger partial charge in [-0.3, -0.25) is 0 Å². The van der Waals surface area contributed by atoms with Crippen molar-refractivity contribution in [3.05, 3.63) is 70.7 Å². The van der Waals surface area contributed by atoms with Crippen LogP contribution in [0.4, 0.5) is 4.39 Å². The van der Waals surface area contributed by atoms with Gasteiger partial charge in [0, 0.05) is 22.9 Å². The molecule has 1 atom stereocenters. The number of aromatic nitrogens is 1. The number of nitrogens with one attached hydrogen (secondary N) is 1. The number of aromatic amines is 1. The fourth-order valence-corrected chi connectivity index (χ4v) is 3.75. The van der Waals surface area contributed by atoms with E-state index in [0.717, 1.165) is 6.54 Å². The van der Waals surface area contributed by atoms with Gasteiger partial charge < -0.3 is 10.3 Å². The standard InChI is InChI=1S/C20H21FN2/c1-13-5-10-18-17(11-13)16-3-2-4-19(20(16)23-18)22-12-14-6-8-15(21)9-7-14/h5-11,19,22-23H,2-4,12H2,1H3/p+1/t19-/m0/s1. The van der Waals surface area contributed by atoms with Crippen molar-refractivity contribution < 1.29 is 9.71 Å². The quantitative estimate of drug-likeness (QED) is 0.738. The Labute approximate surface area is 135 Å². The van der Waals surface area contributed by atoms with Gasteiger partial charge in [-0.15, -0.1) is 0 Å². The highest BCUT2D eigenvalue weighted by atomic mass is 19.1. The van der Waals surface area contributed by atoms with Gasteiger partial charge >= 0.3 is 0 Å². The van der Waals surface area contributed by atoms with Crippen LogP contribution in [-0.2, 0) is 13.0 Å². The van der Waals surface area contributed by atoms with E-state index in [4.69, 9.17) is 0 Å². The van der Waals surface area contributed by atoms with E-state index in [0.29, 0.717) is 6.04 Å². The summed E-state index contributed by atoms with van der Waals surface area (Å²) in [6.07, 6.45) is 3.60. The molecule has 1 aliphatic rings. The van der Waals surface area contributed by atoms with Crippen LogP contribution in [-0.4, -0.2) is 4.98 Å². The molecule has 0 amide bonds. The lowest BCUT2D eigenvalue weighted by Crippen LogP contribution is -2.84. The average molecular weight is 309 g/mol. The monoisotopic (exact) mass is 309 g/mol. The predicted octanol–water partition coefficient (Wildman–Crippen LogP) is 3.76. The van der Waals surface area contributed by atoms with E-state index in [1.54, 1.807) is 12.1 Å². The van der Waals surface area contributed by atoms with Gasteiger partial charge in [0.2, 0.25) is 0 Å². The number of aryl methyl sites for hydroxylation is 2. The highest BCUT2D eigenvalue weighted by Crippen LogP contribution is 2.33. The number of H-pyrrole nitrogens is 1. The Morgan fingerprint density at radius 2 is 2.00 bits per heavy atom. The summed E-state index contributed by atoms with van der Waals surface area (Å²) in [5, 5.41) is 3.77. The van der Waals surface area contributed by atoms with E-state index in [9.17, 15) is 4.39 Å². The third-order valence-electron chi connectivity index (χ3n) is 4.96. The Morgan fingerprint density at radius 3 is 2.83 bits per heavy atom. The van der Waals surface area contributed by atoms with Crippen molar-refractivity contribution in [3.8, 4) is 0 Å². The largest absolute Gasteiger partial charge is 0.353 e. The van der Waals surface area contributed by atoms with Gasteiger partial charge in [0.05, 0.1) is 5.69 Å². The lowest BCUT2D eigenvalue weighted by molar-refractivity contribution is -0.712. The summed E-state index contributed by atoms with van der Waals surface area (Å²) in [5.74, 6) is -0.167. The molecule has 0 radical (unpaired) electrons. The highest BCUT2D eigenvalue weighted by molar-refractivity contribution is 5.85. The van der Waals surface area contributed by atoms with Gasteiger partial charge in [0.1, 0.15) is 18.4 Å². The molecule has 1 aliphatic carbocycles. The molecule has 1 heterocycles. The lowest BCUT2D eigenvalue weighted by atomic mass is 9.91. The minimum atomic E-state index is -0.167. The molecular weight excluding hydrogens is 287 g/mol. The highest BCUT2D eigenvalue weighted by Gasteiger charge is 2.26. The van der Waals surface area contributed by atoms with Crippen molar-refractivity contribution in [1.82, 2.24) is 4.98 Å². The molecule has 0 spiro atoms. The zero-order chi connectivity index (χ0) is 15.8. The summed E-state index contributed by atoms with van der Waals surface area (Å²) in [6.45, 7) is 3.04. The molecule has 118 valence electrons. The van der Waals surface area contributed by atoms with Gasteiger partial charge in [-0.2, -0.15) is 0 Å². The summed E-state index contributed by atoms with van der Waals surface area (Å²) < 4.78 is 13.0. The Morgan fingerprint density at radius 1 is 1.17 bits per heavy atom. The number of halogens is 1. The van der Waals surface area contributed by atoms with Gasteiger partial charge in [0.15, 0.2) is 0 Å². The minimum absolute atomic E-state index is 0.167. The predicted molar refractivity (Wildman–Crippen MR) is 90.7 cm³/mol. The maximum absolute atomic E-state index is 13.0. The topological polar surface area (TPSA) is 32.4 Å². The van der Waals surface area contributed by atoms with Crippen molar-refractivity contribution in [1.29, 1.82) is 0 Å². The van der Waals surface area contributed by atoms with E-state index in [1.165, 1.54) is 52.5 Å². The van der Waals surface area contributed by atoms with Crippen molar-refractivity contribution in [2.75, 3.05) is 0 Å². The van der Waals surface area contributed by atoms with Crippen LogP contribution in [0.15, 0.2) is 42.5 Å². The fourth-order valence-electron chi connectivity index (χ4n) is 3.75. The van der Waals surface area contributed by atoms with E-state index in [-0.39, 0.29) is 5.82 Å². The van der Waals surface area contributed by atoms with Crippen LogP contribution < -0.4 is 5.32 Å². The SMILES string of the molecule is Cc1ccc2[nH]c3c(c2c1)CCC[C@@H]3[NH2+]Cc1ccc(F)cc1. The molecule has 3 aromatic rings. The van der Waals surface area contributed by atoms with E-state index >= 15 is 0 Å². The normalized spacial score (nSPS) is 17.4.